The largest absolute Gasteiger partial charge is 0.302 e. The number of piperidine rings is 1. The fourth-order valence-corrected chi connectivity index (χ4v) is 4.51. The van der Waals surface area contributed by atoms with Crippen molar-refractivity contribution < 1.29 is 9.59 Å². The summed E-state index contributed by atoms with van der Waals surface area (Å²) >= 11 is 0. The van der Waals surface area contributed by atoms with Crippen LogP contribution in [0.15, 0.2) is 66.8 Å². The van der Waals surface area contributed by atoms with Crippen LogP contribution in [-0.4, -0.2) is 28.8 Å². The summed E-state index contributed by atoms with van der Waals surface area (Å²) in [6, 6.07) is 13.9. The Morgan fingerprint density at radius 1 is 1.14 bits per heavy atom. The third-order valence-electron chi connectivity index (χ3n) is 6.08. The quantitative estimate of drug-likeness (QED) is 0.636. The lowest BCUT2D eigenvalue weighted by Crippen LogP contribution is -2.49. The summed E-state index contributed by atoms with van der Waals surface area (Å²) in [5.41, 5.74) is 2.18. The number of imide groups is 1. The van der Waals surface area contributed by atoms with Gasteiger partial charge in [-0.3, -0.25) is 14.5 Å². The van der Waals surface area contributed by atoms with Gasteiger partial charge in [0, 0.05) is 6.04 Å². The van der Waals surface area contributed by atoms with Crippen molar-refractivity contribution in [2.75, 3.05) is 0 Å². The van der Waals surface area contributed by atoms with Gasteiger partial charge in [-0.2, -0.15) is 0 Å². The lowest BCUT2D eigenvalue weighted by Gasteiger charge is -2.30. The van der Waals surface area contributed by atoms with E-state index in [1.54, 1.807) is 0 Å². The Morgan fingerprint density at radius 3 is 2.71 bits per heavy atom. The van der Waals surface area contributed by atoms with E-state index in [0.29, 0.717) is 6.54 Å². The normalized spacial score (nSPS) is 25.2. The number of likely N-dealkylation sites (tertiary alicyclic amines) is 1. The van der Waals surface area contributed by atoms with Gasteiger partial charge in [-0.15, -0.1) is 0 Å². The van der Waals surface area contributed by atoms with E-state index < -0.39 is 6.04 Å². The summed E-state index contributed by atoms with van der Waals surface area (Å²) in [7, 11) is 0. The third-order valence-corrected chi connectivity index (χ3v) is 6.08. The highest BCUT2D eigenvalue weighted by molar-refractivity contribution is 6.07. The predicted molar refractivity (Wildman–Crippen MR) is 112 cm³/mol. The molecule has 2 aromatic rings. The fourth-order valence-electron chi connectivity index (χ4n) is 4.51. The Labute approximate surface area is 165 Å². The summed E-state index contributed by atoms with van der Waals surface area (Å²) in [5, 5.41) is 5.66. The lowest BCUT2D eigenvalue weighted by molar-refractivity contribution is -0.140. The molecule has 1 N–H and O–H groups in total. The number of hydrogen-bond donors (Lipinski definition) is 1. The molecule has 144 valence electrons. The number of hydrogen-bond acceptors (Lipinski definition) is 3. The molecule has 3 unspecified atom stereocenters. The first-order valence-electron chi connectivity index (χ1n) is 9.98. The first-order valence-corrected chi connectivity index (χ1v) is 9.98. The Kier molecular flexibility index (Phi) is 5.14. The molecular formula is C24H26N2O2. The third kappa shape index (κ3) is 3.29. The van der Waals surface area contributed by atoms with Crippen molar-refractivity contribution in [1.29, 1.82) is 0 Å². The monoisotopic (exact) mass is 374 g/mol. The number of fused-ring (bicyclic) bond motifs is 2. The van der Waals surface area contributed by atoms with Crippen molar-refractivity contribution in [3.05, 3.63) is 72.3 Å². The lowest BCUT2D eigenvalue weighted by atomic mass is 9.87. The van der Waals surface area contributed by atoms with Crippen molar-refractivity contribution in [1.82, 2.24) is 10.2 Å². The number of carbonyl (C=O) groups is 2. The van der Waals surface area contributed by atoms with Crippen LogP contribution in [0.2, 0.25) is 0 Å². The van der Waals surface area contributed by atoms with Crippen LogP contribution < -0.4 is 5.32 Å². The molecule has 0 radical (unpaired) electrons. The number of nitrogens with zero attached hydrogens (tertiary/aromatic N) is 1. The maximum atomic E-state index is 13.1. The van der Waals surface area contributed by atoms with Crippen LogP contribution in [0.1, 0.15) is 31.7 Å². The van der Waals surface area contributed by atoms with E-state index in [1.807, 2.05) is 43.3 Å². The van der Waals surface area contributed by atoms with Gasteiger partial charge in [-0.25, -0.2) is 0 Å². The molecular weight excluding hydrogens is 348 g/mol. The smallest absolute Gasteiger partial charge is 0.247 e. The average molecular weight is 374 g/mol. The molecule has 0 spiro atoms. The second kappa shape index (κ2) is 7.72. The SMILES string of the molecule is C=C/C(=C/C)CC1CCC2C(=O)N(Cc3cccc4ccccc34)C(=O)C2N1. The standard InChI is InChI=1S/C24H26N2O2/c1-3-16(4-2)14-19-12-13-21-22(25-19)24(28)26(23(21)27)15-18-10-7-9-17-8-5-6-11-20(17)18/h3-11,19,21-22,25H,1,12-15H2,2H3/b16-4-. The van der Waals surface area contributed by atoms with Crippen LogP contribution in [0.25, 0.3) is 10.8 Å². The van der Waals surface area contributed by atoms with Crippen molar-refractivity contribution in [2.24, 2.45) is 5.92 Å². The van der Waals surface area contributed by atoms with Crippen LogP contribution in [0, 0.1) is 5.92 Å². The first-order chi connectivity index (χ1) is 13.6. The van der Waals surface area contributed by atoms with Crippen LogP contribution in [0.3, 0.4) is 0 Å². The molecule has 2 aromatic carbocycles. The van der Waals surface area contributed by atoms with E-state index in [-0.39, 0.29) is 23.8 Å². The average Bonchev–Trinajstić information content (AvgIpc) is 2.96. The summed E-state index contributed by atoms with van der Waals surface area (Å²) in [5.74, 6) is -0.367. The van der Waals surface area contributed by atoms with E-state index in [0.717, 1.165) is 35.6 Å². The minimum Gasteiger partial charge on any atom is -0.302 e. The molecule has 4 rings (SSSR count). The van der Waals surface area contributed by atoms with Crippen LogP contribution in [-0.2, 0) is 16.1 Å². The minimum absolute atomic E-state index is 0.0381. The molecule has 4 heteroatoms. The van der Waals surface area contributed by atoms with E-state index in [9.17, 15) is 9.59 Å². The molecule has 0 aliphatic carbocycles. The Bertz CT molecular complexity index is 957. The van der Waals surface area contributed by atoms with Gasteiger partial charge in [0.15, 0.2) is 0 Å². The Balaban J connectivity index is 1.54. The summed E-state index contributed by atoms with van der Waals surface area (Å²) in [4.78, 5) is 27.5. The van der Waals surface area contributed by atoms with Crippen molar-refractivity contribution in [3.8, 4) is 0 Å². The number of benzene rings is 2. The zero-order chi connectivity index (χ0) is 19.7. The molecule has 4 nitrogen and oxygen atoms in total. The predicted octanol–water partition coefficient (Wildman–Crippen LogP) is 3.97. The minimum atomic E-state index is -0.399. The molecule has 28 heavy (non-hydrogen) atoms. The zero-order valence-electron chi connectivity index (χ0n) is 16.2. The van der Waals surface area contributed by atoms with Gasteiger partial charge in [-0.05, 0) is 42.5 Å². The molecule has 0 saturated carbocycles. The maximum absolute atomic E-state index is 13.1. The molecule has 2 heterocycles. The highest BCUT2D eigenvalue weighted by atomic mass is 16.2. The van der Waals surface area contributed by atoms with Crippen LogP contribution in [0.5, 0.6) is 0 Å². The van der Waals surface area contributed by atoms with E-state index >= 15 is 0 Å². The molecule has 3 atom stereocenters. The number of rotatable bonds is 5. The van der Waals surface area contributed by atoms with Gasteiger partial charge in [0.1, 0.15) is 0 Å². The number of nitrogens with one attached hydrogen (secondary N) is 1. The Hall–Kier alpha value is -2.72. The molecule has 2 saturated heterocycles. The van der Waals surface area contributed by atoms with Gasteiger partial charge in [0.05, 0.1) is 18.5 Å². The van der Waals surface area contributed by atoms with Crippen LogP contribution >= 0.6 is 0 Å². The van der Waals surface area contributed by atoms with E-state index in [4.69, 9.17) is 0 Å². The van der Waals surface area contributed by atoms with Gasteiger partial charge >= 0.3 is 0 Å². The summed E-state index contributed by atoms with van der Waals surface area (Å²) in [6.45, 7) is 6.19. The van der Waals surface area contributed by atoms with Crippen molar-refractivity contribution in [3.63, 3.8) is 0 Å². The molecule has 2 aliphatic rings. The molecule has 2 fully saturated rings. The van der Waals surface area contributed by atoms with Crippen LogP contribution in [0.4, 0.5) is 0 Å². The van der Waals surface area contributed by atoms with E-state index in [1.165, 1.54) is 10.5 Å². The fraction of sp³-hybridized carbons (Fsp3) is 0.333. The number of amides is 2. The molecule has 2 aliphatic heterocycles. The molecule has 2 amide bonds. The first kappa shape index (κ1) is 18.6. The zero-order valence-corrected chi connectivity index (χ0v) is 16.2. The highest BCUT2D eigenvalue weighted by Gasteiger charge is 2.49. The van der Waals surface area contributed by atoms with Gasteiger partial charge in [0.2, 0.25) is 11.8 Å². The molecule has 0 aromatic heterocycles. The van der Waals surface area contributed by atoms with Gasteiger partial charge in [-0.1, -0.05) is 66.8 Å². The summed E-state index contributed by atoms with van der Waals surface area (Å²) in [6.07, 6.45) is 6.41. The second-order valence-corrected chi connectivity index (χ2v) is 7.70. The highest BCUT2D eigenvalue weighted by Crippen LogP contribution is 2.33. The van der Waals surface area contributed by atoms with Gasteiger partial charge in [0.25, 0.3) is 0 Å². The topological polar surface area (TPSA) is 49.4 Å². The van der Waals surface area contributed by atoms with Crippen molar-refractivity contribution >= 4 is 22.6 Å². The number of carbonyl (C=O) groups excluding carboxylic acids is 2. The van der Waals surface area contributed by atoms with Gasteiger partial charge < -0.3 is 5.32 Å². The second-order valence-electron chi connectivity index (χ2n) is 7.70. The summed E-state index contributed by atoms with van der Waals surface area (Å²) < 4.78 is 0. The molecule has 0 bridgehead atoms. The number of allylic oxidation sites excluding steroid dienone is 2. The van der Waals surface area contributed by atoms with Crippen molar-refractivity contribution in [2.45, 2.75) is 44.8 Å². The maximum Gasteiger partial charge on any atom is 0.247 e. The Morgan fingerprint density at radius 2 is 1.93 bits per heavy atom. The van der Waals surface area contributed by atoms with E-state index in [2.05, 4.69) is 30.1 Å².